The second-order valence-corrected chi connectivity index (χ2v) is 6.09. The van der Waals surface area contributed by atoms with Crippen LogP contribution in [0.5, 0.6) is 0 Å². The molecular formula is C5H4Cl2N2O3S2. The number of carbonyl (C=O) groups is 1. The maximum absolute atomic E-state index is 11.3. The van der Waals surface area contributed by atoms with Crippen molar-refractivity contribution in [2.75, 3.05) is 0 Å². The van der Waals surface area contributed by atoms with Gasteiger partial charge in [0, 0.05) is 0 Å². The van der Waals surface area contributed by atoms with Gasteiger partial charge in [0.2, 0.25) is 0 Å². The zero-order chi connectivity index (χ0) is 10.9. The molecule has 0 saturated carbocycles. The highest BCUT2D eigenvalue weighted by molar-refractivity contribution is 7.90. The van der Waals surface area contributed by atoms with Crippen LogP contribution in [0.15, 0.2) is 11.0 Å². The Bertz CT molecular complexity index is 467. The van der Waals surface area contributed by atoms with Crippen molar-refractivity contribution < 1.29 is 13.2 Å². The van der Waals surface area contributed by atoms with Crippen molar-refractivity contribution in [1.29, 1.82) is 0 Å². The van der Waals surface area contributed by atoms with Crippen LogP contribution in [-0.4, -0.2) is 14.4 Å². The molecule has 0 atom stereocenters. The van der Waals surface area contributed by atoms with Crippen molar-refractivity contribution in [3.63, 3.8) is 0 Å². The van der Waals surface area contributed by atoms with E-state index in [0.29, 0.717) is 0 Å². The van der Waals surface area contributed by atoms with Crippen LogP contribution >= 0.6 is 34.5 Å². The Labute approximate surface area is 93.9 Å². The number of primary amides is 1. The predicted octanol–water partition coefficient (Wildman–Crippen LogP) is 1.41. The van der Waals surface area contributed by atoms with E-state index in [-0.39, 0.29) is 13.6 Å². The molecule has 0 spiro atoms. The first-order valence-corrected chi connectivity index (χ1v) is 6.15. The summed E-state index contributed by atoms with van der Waals surface area (Å²) in [6, 6.07) is -0.0387. The molecular weight excluding hydrogens is 271 g/mol. The van der Waals surface area contributed by atoms with Gasteiger partial charge in [-0.2, -0.15) is 0 Å². The third-order valence-corrected chi connectivity index (χ3v) is 4.25. The predicted molar refractivity (Wildman–Crippen MR) is 54.2 cm³/mol. The number of urea groups is 1. The molecule has 0 saturated heterocycles. The third kappa shape index (κ3) is 2.50. The Hall–Kier alpha value is -0.500. The normalized spacial score (nSPS) is 11.3. The first kappa shape index (κ1) is 11.6. The molecule has 0 aromatic carbocycles. The number of hydrogen-bond donors (Lipinski definition) is 2. The SMILES string of the molecule is NC(=O)NS(=O)(=O)c1cc(Cl)sc1Cl. The summed E-state index contributed by atoms with van der Waals surface area (Å²) >= 11 is 12.0. The van der Waals surface area contributed by atoms with Crippen molar-refractivity contribution >= 4 is 50.6 Å². The summed E-state index contributed by atoms with van der Waals surface area (Å²) in [6.45, 7) is 0. The Morgan fingerprint density at radius 1 is 1.50 bits per heavy atom. The molecule has 1 rings (SSSR count). The second-order valence-electron chi connectivity index (χ2n) is 2.16. The zero-order valence-corrected chi connectivity index (χ0v) is 9.60. The quantitative estimate of drug-likeness (QED) is 0.855. The number of halogens is 2. The van der Waals surface area contributed by atoms with Gasteiger partial charge < -0.3 is 5.73 Å². The maximum atomic E-state index is 11.3. The molecule has 0 aliphatic carbocycles. The fraction of sp³-hybridized carbons (Fsp3) is 0. The highest BCUT2D eigenvalue weighted by Gasteiger charge is 2.21. The summed E-state index contributed by atoms with van der Waals surface area (Å²) in [7, 11) is -4.00. The van der Waals surface area contributed by atoms with E-state index in [1.54, 1.807) is 4.72 Å². The number of thiophene rings is 1. The van der Waals surface area contributed by atoms with Crippen molar-refractivity contribution in [1.82, 2.24) is 4.72 Å². The van der Waals surface area contributed by atoms with E-state index in [0.717, 1.165) is 17.4 Å². The molecule has 0 aliphatic rings. The van der Waals surface area contributed by atoms with E-state index < -0.39 is 16.1 Å². The molecule has 1 aromatic rings. The van der Waals surface area contributed by atoms with E-state index in [9.17, 15) is 13.2 Å². The minimum absolute atomic E-state index is 0.0243. The number of nitrogens with two attached hydrogens (primary N) is 1. The van der Waals surface area contributed by atoms with E-state index in [4.69, 9.17) is 23.2 Å². The summed E-state index contributed by atoms with van der Waals surface area (Å²) < 4.78 is 24.4. The van der Waals surface area contributed by atoms with Crippen LogP contribution in [0.4, 0.5) is 4.79 Å². The molecule has 78 valence electrons. The molecule has 9 heteroatoms. The Morgan fingerprint density at radius 2 is 2.07 bits per heavy atom. The third-order valence-electron chi connectivity index (χ3n) is 1.15. The minimum atomic E-state index is -4.00. The number of nitrogens with one attached hydrogen (secondary N) is 1. The lowest BCUT2D eigenvalue weighted by molar-refractivity contribution is 0.253. The van der Waals surface area contributed by atoms with E-state index in [2.05, 4.69) is 5.73 Å². The van der Waals surface area contributed by atoms with Gasteiger partial charge in [-0.05, 0) is 6.07 Å². The molecule has 1 heterocycles. The van der Waals surface area contributed by atoms with Crippen LogP contribution in [-0.2, 0) is 10.0 Å². The average Bonchev–Trinajstić information content (AvgIpc) is 2.27. The topological polar surface area (TPSA) is 89.3 Å². The summed E-state index contributed by atoms with van der Waals surface area (Å²) in [6.07, 6.45) is 0. The Morgan fingerprint density at radius 3 is 2.43 bits per heavy atom. The number of rotatable bonds is 2. The Balaban J connectivity index is 3.16. The fourth-order valence-corrected chi connectivity index (χ4v) is 3.72. The first-order chi connectivity index (χ1) is 6.33. The van der Waals surface area contributed by atoms with Gasteiger partial charge in [0.1, 0.15) is 9.23 Å². The average molecular weight is 275 g/mol. The maximum Gasteiger partial charge on any atom is 0.326 e. The fourth-order valence-electron chi connectivity index (χ4n) is 0.696. The highest BCUT2D eigenvalue weighted by Crippen LogP contribution is 2.33. The zero-order valence-electron chi connectivity index (χ0n) is 6.45. The lowest BCUT2D eigenvalue weighted by Crippen LogP contribution is -2.34. The number of hydrogen-bond acceptors (Lipinski definition) is 4. The van der Waals surface area contributed by atoms with E-state index >= 15 is 0 Å². The van der Waals surface area contributed by atoms with Gasteiger partial charge in [0.15, 0.2) is 0 Å². The van der Waals surface area contributed by atoms with Gasteiger partial charge in [-0.1, -0.05) is 23.2 Å². The van der Waals surface area contributed by atoms with Gasteiger partial charge >= 0.3 is 6.03 Å². The number of sulfonamides is 1. The molecule has 0 fully saturated rings. The summed E-state index contributed by atoms with van der Waals surface area (Å²) in [5.41, 5.74) is 4.67. The molecule has 5 nitrogen and oxygen atoms in total. The molecule has 2 amide bonds. The van der Waals surface area contributed by atoms with Gasteiger partial charge in [-0.25, -0.2) is 17.9 Å². The number of carbonyl (C=O) groups excluding carboxylic acids is 1. The summed E-state index contributed by atoms with van der Waals surface area (Å²) in [4.78, 5) is 10.1. The van der Waals surface area contributed by atoms with Gasteiger partial charge in [0.25, 0.3) is 10.0 Å². The molecule has 0 bridgehead atoms. The smallest absolute Gasteiger partial charge is 0.326 e. The minimum Gasteiger partial charge on any atom is -0.351 e. The molecule has 14 heavy (non-hydrogen) atoms. The lowest BCUT2D eigenvalue weighted by Gasteiger charge is -2.01. The van der Waals surface area contributed by atoms with Gasteiger partial charge in [0.05, 0.1) is 4.34 Å². The summed E-state index contributed by atoms with van der Waals surface area (Å²) in [5.74, 6) is 0. The largest absolute Gasteiger partial charge is 0.351 e. The van der Waals surface area contributed by atoms with E-state index in [1.165, 1.54) is 0 Å². The van der Waals surface area contributed by atoms with Crippen LogP contribution in [0.1, 0.15) is 0 Å². The molecule has 3 N–H and O–H groups in total. The standard InChI is InChI=1S/C5H4Cl2N2O3S2/c6-3-1-2(4(7)13-3)14(11,12)9-5(8)10/h1H,(H3,8,9,10). The molecule has 1 aromatic heterocycles. The molecule has 0 aliphatic heterocycles. The van der Waals surface area contributed by atoms with Crippen molar-refractivity contribution in [2.45, 2.75) is 4.90 Å². The van der Waals surface area contributed by atoms with Crippen LogP contribution in [0.2, 0.25) is 8.67 Å². The first-order valence-electron chi connectivity index (χ1n) is 3.10. The second kappa shape index (κ2) is 3.93. The Kier molecular flexibility index (Phi) is 3.25. The monoisotopic (exact) mass is 274 g/mol. The highest BCUT2D eigenvalue weighted by atomic mass is 35.5. The van der Waals surface area contributed by atoms with Crippen LogP contribution < -0.4 is 10.5 Å². The van der Waals surface area contributed by atoms with Gasteiger partial charge in [-0.3, -0.25) is 0 Å². The van der Waals surface area contributed by atoms with Crippen molar-refractivity contribution in [3.8, 4) is 0 Å². The van der Waals surface area contributed by atoms with E-state index in [1.807, 2.05) is 0 Å². The lowest BCUT2D eigenvalue weighted by atomic mass is 10.7. The number of amides is 2. The van der Waals surface area contributed by atoms with Crippen LogP contribution in [0.25, 0.3) is 0 Å². The van der Waals surface area contributed by atoms with Crippen LogP contribution in [0, 0.1) is 0 Å². The summed E-state index contributed by atoms with van der Waals surface area (Å²) in [5, 5.41) is 0. The van der Waals surface area contributed by atoms with Crippen molar-refractivity contribution in [3.05, 3.63) is 14.7 Å². The van der Waals surface area contributed by atoms with Gasteiger partial charge in [-0.15, -0.1) is 11.3 Å². The van der Waals surface area contributed by atoms with Crippen LogP contribution in [0.3, 0.4) is 0 Å². The molecule has 0 radical (unpaired) electrons. The van der Waals surface area contributed by atoms with Crippen molar-refractivity contribution in [2.24, 2.45) is 5.73 Å². The molecule has 0 unspecified atom stereocenters.